The molecule has 1 aliphatic rings. The van der Waals surface area contributed by atoms with E-state index in [1.807, 2.05) is 67.7 Å². The van der Waals surface area contributed by atoms with E-state index in [0.717, 1.165) is 45.6 Å². The second-order valence-corrected chi connectivity index (χ2v) is 8.45. The maximum absolute atomic E-state index is 13.2. The Bertz CT molecular complexity index is 1460. The number of carbonyl (C=O) groups excluding carboxylic acids is 1. The van der Waals surface area contributed by atoms with Gasteiger partial charge in [0.25, 0.3) is 0 Å². The van der Waals surface area contributed by atoms with Crippen LogP contribution in [0, 0.1) is 6.92 Å². The minimum atomic E-state index is -0.128. The van der Waals surface area contributed by atoms with Crippen LogP contribution in [-0.4, -0.2) is 24.6 Å². The Morgan fingerprint density at radius 1 is 0.971 bits per heavy atom. The molecule has 0 aliphatic carbocycles. The number of ketones is 1. The Balaban J connectivity index is 1.44. The Morgan fingerprint density at radius 2 is 1.77 bits per heavy atom. The van der Waals surface area contributed by atoms with Crippen molar-refractivity contribution in [3.8, 4) is 23.0 Å². The van der Waals surface area contributed by atoms with Crippen molar-refractivity contribution in [3.05, 3.63) is 88.8 Å². The Labute approximate surface area is 204 Å². The zero-order valence-corrected chi connectivity index (χ0v) is 20.3. The van der Waals surface area contributed by atoms with Crippen LogP contribution in [0.25, 0.3) is 17.0 Å². The van der Waals surface area contributed by atoms with E-state index in [1.165, 1.54) is 0 Å². The molecule has 0 radical (unpaired) electrons. The number of aryl methyl sites for hydroxylation is 2. The minimum Gasteiger partial charge on any atom is -0.497 e. The molecule has 6 nitrogen and oxygen atoms in total. The van der Waals surface area contributed by atoms with Gasteiger partial charge in [0.15, 0.2) is 5.76 Å². The van der Waals surface area contributed by atoms with Crippen molar-refractivity contribution in [3.63, 3.8) is 0 Å². The largest absolute Gasteiger partial charge is 0.497 e. The molecule has 6 heteroatoms. The molecule has 0 unspecified atom stereocenters. The highest BCUT2D eigenvalue weighted by atomic mass is 16.5. The van der Waals surface area contributed by atoms with Gasteiger partial charge in [-0.15, -0.1) is 0 Å². The van der Waals surface area contributed by atoms with Gasteiger partial charge >= 0.3 is 0 Å². The van der Waals surface area contributed by atoms with Crippen LogP contribution in [0.5, 0.6) is 23.0 Å². The van der Waals surface area contributed by atoms with E-state index in [9.17, 15) is 4.79 Å². The van der Waals surface area contributed by atoms with E-state index < -0.39 is 0 Å². The van der Waals surface area contributed by atoms with E-state index >= 15 is 0 Å². The summed E-state index contributed by atoms with van der Waals surface area (Å²) in [5, 5.41) is 1.00. The fourth-order valence-corrected chi connectivity index (χ4v) is 4.44. The van der Waals surface area contributed by atoms with E-state index in [4.69, 9.17) is 18.9 Å². The molecule has 0 spiro atoms. The lowest BCUT2D eigenvalue weighted by molar-refractivity contribution is 0.101. The maximum atomic E-state index is 13.2. The lowest BCUT2D eigenvalue weighted by atomic mass is 10.0. The zero-order chi connectivity index (χ0) is 24.5. The van der Waals surface area contributed by atoms with Crippen LogP contribution in [0.15, 0.2) is 66.6 Å². The summed E-state index contributed by atoms with van der Waals surface area (Å²) in [6.45, 7) is 5.18. The fourth-order valence-electron chi connectivity index (χ4n) is 4.44. The molecule has 0 saturated heterocycles. The molecule has 1 aliphatic heterocycles. The molecule has 4 aromatic rings. The topological polar surface area (TPSA) is 58.9 Å². The van der Waals surface area contributed by atoms with Crippen LogP contribution in [0.3, 0.4) is 0 Å². The number of Topliss-reactive ketones (excluding diaryl/α,β-unsaturated/α-hetero) is 1. The van der Waals surface area contributed by atoms with Gasteiger partial charge < -0.3 is 23.5 Å². The van der Waals surface area contributed by atoms with Gasteiger partial charge in [0.05, 0.1) is 19.8 Å². The molecule has 178 valence electrons. The number of hydrogen-bond acceptors (Lipinski definition) is 5. The molecule has 2 heterocycles. The molecule has 0 bridgehead atoms. The summed E-state index contributed by atoms with van der Waals surface area (Å²) in [4.78, 5) is 13.2. The minimum absolute atomic E-state index is 0.128. The first kappa shape index (κ1) is 22.6. The number of hydrogen-bond donors (Lipinski definition) is 0. The molecule has 3 aromatic carbocycles. The van der Waals surface area contributed by atoms with E-state index in [0.29, 0.717) is 29.4 Å². The van der Waals surface area contributed by atoms with Crippen molar-refractivity contribution in [1.29, 1.82) is 0 Å². The van der Waals surface area contributed by atoms with Crippen LogP contribution >= 0.6 is 0 Å². The second kappa shape index (κ2) is 9.22. The maximum Gasteiger partial charge on any atom is 0.232 e. The van der Waals surface area contributed by atoms with Gasteiger partial charge in [0, 0.05) is 35.3 Å². The molecule has 0 saturated carbocycles. The SMILES string of the molecule is CCn1cc(/C=C2\Oc3cc(OCc4cccc(OC)c4)cc(C)c3C2=O)c2cc(OC)ccc21. The van der Waals surface area contributed by atoms with Crippen molar-refractivity contribution in [2.75, 3.05) is 14.2 Å². The molecule has 5 rings (SSSR count). The van der Waals surface area contributed by atoms with Crippen LogP contribution in [0.1, 0.15) is 34.0 Å². The van der Waals surface area contributed by atoms with Crippen molar-refractivity contribution in [2.45, 2.75) is 27.0 Å². The monoisotopic (exact) mass is 469 g/mol. The first-order valence-corrected chi connectivity index (χ1v) is 11.5. The standard InChI is InChI=1S/C29H27NO5/c1-5-30-16-20(24-14-22(33-4)9-10-25(24)30)13-27-29(31)28-18(2)11-23(15-26(28)35-27)34-17-19-7-6-8-21(12-19)32-3/h6-16H,5,17H2,1-4H3/b27-13-. The van der Waals surface area contributed by atoms with Crippen LogP contribution in [-0.2, 0) is 13.2 Å². The highest BCUT2D eigenvalue weighted by Gasteiger charge is 2.30. The zero-order valence-electron chi connectivity index (χ0n) is 20.3. The summed E-state index contributed by atoms with van der Waals surface area (Å²) in [5.74, 6) is 2.87. The summed E-state index contributed by atoms with van der Waals surface area (Å²) in [6, 6.07) is 17.3. The predicted octanol–water partition coefficient (Wildman–Crippen LogP) is 6.18. The van der Waals surface area contributed by atoms with Crippen molar-refractivity contribution < 1.29 is 23.7 Å². The number of fused-ring (bicyclic) bond motifs is 2. The van der Waals surface area contributed by atoms with Gasteiger partial charge in [-0.05, 0) is 67.4 Å². The summed E-state index contributed by atoms with van der Waals surface area (Å²) >= 11 is 0. The predicted molar refractivity (Wildman–Crippen MR) is 136 cm³/mol. The molecular weight excluding hydrogens is 442 g/mol. The fraction of sp³-hybridized carbons (Fsp3) is 0.207. The quantitative estimate of drug-likeness (QED) is 0.303. The van der Waals surface area contributed by atoms with Gasteiger partial charge in [0.2, 0.25) is 5.78 Å². The highest BCUT2D eigenvalue weighted by molar-refractivity contribution is 6.16. The molecule has 1 aromatic heterocycles. The smallest absolute Gasteiger partial charge is 0.232 e. The number of ether oxygens (including phenoxy) is 4. The molecule has 0 fully saturated rings. The summed E-state index contributed by atoms with van der Waals surface area (Å²) < 4.78 is 24.9. The van der Waals surface area contributed by atoms with Crippen molar-refractivity contribution in [1.82, 2.24) is 4.57 Å². The lowest BCUT2D eigenvalue weighted by Gasteiger charge is -2.10. The molecule has 35 heavy (non-hydrogen) atoms. The first-order valence-electron chi connectivity index (χ1n) is 11.5. The third-order valence-electron chi connectivity index (χ3n) is 6.23. The number of aromatic nitrogens is 1. The normalized spacial score (nSPS) is 13.7. The highest BCUT2D eigenvalue weighted by Crippen LogP contribution is 2.38. The lowest BCUT2D eigenvalue weighted by Crippen LogP contribution is -2.00. The summed E-state index contributed by atoms with van der Waals surface area (Å²) in [7, 11) is 3.28. The molecule has 0 amide bonds. The number of allylic oxidation sites excluding steroid dienone is 1. The van der Waals surface area contributed by atoms with Crippen molar-refractivity contribution >= 4 is 22.8 Å². The Morgan fingerprint density at radius 3 is 2.54 bits per heavy atom. The van der Waals surface area contributed by atoms with Crippen molar-refractivity contribution in [2.24, 2.45) is 0 Å². The van der Waals surface area contributed by atoms with Gasteiger partial charge in [-0.1, -0.05) is 12.1 Å². The average molecular weight is 470 g/mol. The Hall–Kier alpha value is -4.19. The van der Waals surface area contributed by atoms with Crippen LogP contribution in [0.2, 0.25) is 0 Å². The van der Waals surface area contributed by atoms with E-state index in [2.05, 4.69) is 11.5 Å². The van der Waals surface area contributed by atoms with Gasteiger partial charge in [-0.3, -0.25) is 4.79 Å². The second-order valence-electron chi connectivity index (χ2n) is 8.45. The van der Waals surface area contributed by atoms with E-state index in [-0.39, 0.29) is 5.78 Å². The Kier molecular flexibility index (Phi) is 5.95. The molecular formula is C29H27NO5. The number of rotatable bonds is 7. The van der Waals surface area contributed by atoms with Crippen LogP contribution in [0.4, 0.5) is 0 Å². The van der Waals surface area contributed by atoms with E-state index in [1.54, 1.807) is 20.3 Å². The summed E-state index contributed by atoms with van der Waals surface area (Å²) in [5.41, 5.74) is 4.36. The average Bonchev–Trinajstić information content (AvgIpc) is 3.39. The third-order valence-corrected chi connectivity index (χ3v) is 6.23. The first-order chi connectivity index (χ1) is 17.0. The number of methoxy groups -OCH3 is 2. The van der Waals surface area contributed by atoms with Gasteiger partial charge in [-0.2, -0.15) is 0 Å². The molecule has 0 atom stereocenters. The van der Waals surface area contributed by atoms with Gasteiger partial charge in [-0.25, -0.2) is 0 Å². The van der Waals surface area contributed by atoms with Gasteiger partial charge in [0.1, 0.15) is 29.6 Å². The third kappa shape index (κ3) is 4.23. The number of carbonyl (C=O) groups is 1. The molecule has 0 N–H and O–H groups in total. The van der Waals surface area contributed by atoms with Crippen LogP contribution < -0.4 is 18.9 Å². The number of nitrogens with zero attached hydrogens (tertiary/aromatic N) is 1. The number of benzene rings is 3. The summed E-state index contributed by atoms with van der Waals surface area (Å²) in [6.07, 6.45) is 3.85.